The molecule has 0 bridgehead atoms. The Labute approximate surface area is 175 Å². The van der Waals surface area contributed by atoms with Gasteiger partial charge >= 0.3 is 6.09 Å². The fraction of sp³-hybridized carbons (Fsp3) is 0.409. The normalized spacial score (nSPS) is 15.6. The molecule has 3 rings (SSSR count). The molecule has 0 spiro atoms. The Morgan fingerprint density at radius 2 is 1.73 bits per heavy atom. The number of amides is 1. The monoisotopic (exact) mass is 437 g/mol. The third kappa shape index (κ3) is 5.16. The molecule has 1 fully saturated rings. The van der Waals surface area contributed by atoms with Gasteiger partial charge in [0.15, 0.2) is 9.84 Å². The van der Waals surface area contributed by atoms with E-state index in [2.05, 4.69) is 0 Å². The second-order valence-electron chi connectivity index (χ2n) is 7.46. The van der Waals surface area contributed by atoms with E-state index in [0.29, 0.717) is 13.1 Å². The Hall–Kier alpha value is -2.48. The molecule has 2 aromatic rings. The average molecular weight is 438 g/mol. The zero-order chi connectivity index (χ0) is 21.7. The second-order valence-corrected chi connectivity index (χ2v) is 9.59. The SMILES string of the molecule is Cc1ccc(S(=O)(=O)[C@H](CCOC(=O)N2CCCCC2)c2cc(F)ccc2F)cc1. The van der Waals surface area contributed by atoms with Gasteiger partial charge in [0.1, 0.15) is 11.6 Å². The molecule has 0 N–H and O–H groups in total. The van der Waals surface area contributed by atoms with Gasteiger partial charge < -0.3 is 9.64 Å². The summed E-state index contributed by atoms with van der Waals surface area (Å²) in [4.78, 5) is 13.8. The molecule has 1 saturated heterocycles. The summed E-state index contributed by atoms with van der Waals surface area (Å²) in [5.74, 6) is -1.56. The topological polar surface area (TPSA) is 63.7 Å². The fourth-order valence-corrected chi connectivity index (χ4v) is 5.32. The Bertz CT molecular complexity index is 987. The molecule has 2 aromatic carbocycles. The van der Waals surface area contributed by atoms with Crippen LogP contribution in [0.15, 0.2) is 47.4 Å². The summed E-state index contributed by atoms with van der Waals surface area (Å²) in [5.41, 5.74) is 0.600. The molecule has 1 amide bonds. The van der Waals surface area contributed by atoms with Crippen LogP contribution in [0, 0.1) is 18.6 Å². The smallest absolute Gasteiger partial charge is 0.409 e. The third-order valence-corrected chi connectivity index (χ3v) is 7.42. The van der Waals surface area contributed by atoms with E-state index in [-0.39, 0.29) is 23.5 Å². The number of aryl methyl sites for hydroxylation is 1. The maximum Gasteiger partial charge on any atom is 0.409 e. The van der Waals surface area contributed by atoms with Crippen LogP contribution < -0.4 is 0 Å². The van der Waals surface area contributed by atoms with Crippen molar-refractivity contribution in [3.8, 4) is 0 Å². The fourth-order valence-electron chi connectivity index (χ4n) is 3.55. The highest BCUT2D eigenvalue weighted by molar-refractivity contribution is 7.91. The van der Waals surface area contributed by atoms with Crippen molar-refractivity contribution in [1.29, 1.82) is 0 Å². The summed E-state index contributed by atoms with van der Waals surface area (Å²) < 4.78 is 60.0. The Kier molecular flexibility index (Phi) is 7.07. The highest BCUT2D eigenvalue weighted by atomic mass is 32.2. The van der Waals surface area contributed by atoms with Gasteiger partial charge in [-0.15, -0.1) is 0 Å². The van der Waals surface area contributed by atoms with E-state index in [4.69, 9.17) is 4.74 Å². The molecule has 162 valence electrons. The van der Waals surface area contributed by atoms with Crippen molar-refractivity contribution in [2.24, 2.45) is 0 Å². The van der Waals surface area contributed by atoms with Crippen LogP contribution in [0.3, 0.4) is 0 Å². The minimum atomic E-state index is -4.04. The molecule has 0 aromatic heterocycles. The van der Waals surface area contributed by atoms with Gasteiger partial charge in [0.05, 0.1) is 16.8 Å². The van der Waals surface area contributed by atoms with Crippen molar-refractivity contribution in [3.63, 3.8) is 0 Å². The van der Waals surface area contributed by atoms with Gasteiger partial charge in [-0.2, -0.15) is 0 Å². The minimum absolute atomic E-state index is 0.00381. The van der Waals surface area contributed by atoms with Crippen LogP contribution in [-0.2, 0) is 14.6 Å². The Morgan fingerprint density at radius 1 is 1.07 bits per heavy atom. The maximum absolute atomic E-state index is 14.5. The lowest BCUT2D eigenvalue weighted by Crippen LogP contribution is -2.36. The van der Waals surface area contributed by atoms with E-state index in [1.807, 2.05) is 6.92 Å². The lowest BCUT2D eigenvalue weighted by molar-refractivity contribution is 0.0939. The van der Waals surface area contributed by atoms with Crippen molar-refractivity contribution in [1.82, 2.24) is 4.90 Å². The molecule has 8 heteroatoms. The van der Waals surface area contributed by atoms with Gasteiger partial charge in [0.25, 0.3) is 0 Å². The summed E-state index contributed by atoms with van der Waals surface area (Å²) in [6, 6.07) is 8.89. The first-order chi connectivity index (χ1) is 14.3. The summed E-state index contributed by atoms with van der Waals surface area (Å²) in [7, 11) is -4.04. The number of nitrogens with zero attached hydrogens (tertiary/aromatic N) is 1. The van der Waals surface area contributed by atoms with Crippen molar-refractivity contribution in [3.05, 3.63) is 65.2 Å². The maximum atomic E-state index is 14.5. The molecule has 1 heterocycles. The van der Waals surface area contributed by atoms with E-state index < -0.39 is 32.8 Å². The number of benzene rings is 2. The summed E-state index contributed by atoms with van der Waals surface area (Å²) in [6.07, 6.45) is 2.15. The standard InChI is InChI=1S/C22H25F2NO4S/c1-16-5-8-18(9-6-16)30(27,28)21(19-15-17(23)7-10-20(19)24)11-14-29-22(26)25-12-3-2-4-13-25/h5-10,15,21H,2-4,11-14H2,1H3/t21-/m1/s1. The van der Waals surface area contributed by atoms with Crippen LogP contribution in [0.5, 0.6) is 0 Å². The Balaban J connectivity index is 1.83. The quantitative estimate of drug-likeness (QED) is 0.651. The predicted octanol–water partition coefficient (Wildman–Crippen LogP) is 4.80. The zero-order valence-electron chi connectivity index (χ0n) is 16.8. The van der Waals surface area contributed by atoms with Crippen molar-refractivity contribution in [2.45, 2.75) is 42.8 Å². The molecule has 0 radical (unpaired) electrons. The molecule has 5 nitrogen and oxygen atoms in total. The molecular weight excluding hydrogens is 412 g/mol. The van der Waals surface area contributed by atoms with Crippen LogP contribution in [0.25, 0.3) is 0 Å². The zero-order valence-corrected chi connectivity index (χ0v) is 17.6. The van der Waals surface area contributed by atoms with E-state index in [1.165, 1.54) is 12.1 Å². The first-order valence-corrected chi connectivity index (χ1v) is 11.5. The molecule has 1 aliphatic heterocycles. The predicted molar refractivity (Wildman–Crippen MR) is 109 cm³/mol. The van der Waals surface area contributed by atoms with Crippen molar-refractivity contribution in [2.75, 3.05) is 19.7 Å². The highest BCUT2D eigenvalue weighted by Crippen LogP contribution is 2.34. The van der Waals surface area contributed by atoms with Gasteiger partial charge in [0, 0.05) is 25.1 Å². The molecule has 30 heavy (non-hydrogen) atoms. The van der Waals surface area contributed by atoms with Crippen LogP contribution >= 0.6 is 0 Å². The Morgan fingerprint density at radius 3 is 2.40 bits per heavy atom. The number of ether oxygens (including phenoxy) is 1. The van der Waals surface area contributed by atoms with Gasteiger partial charge in [-0.1, -0.05) is 17.7 Å². The largest absolute Gasteiger partial charge is 0.449 e. The number of carbonyl (C=O) groups is 1. The number of rotatable bonds is 6. The summed E-state index contributed by atoms with van der Waals surface area (Å²) >= 11 is 0. The second kappa shape index (κ2) is 9.55. The molecule has 1 aliphatic rings. The third-order valence-electron chi connectivity index (χ3n) is 5.25. The van der Waals surface area contributed by atoms with E-state index in [0.717, 1.165) is 43.0 Å². The number of likely N-dealkylation sites (tertiary alicyclic amines) is 1. The van der Waals surface area contributed by atoms with Crippen molar-refractivity contribution >= 4 is 15.9 Å². The number of hydrogen-bond donors (Lipinski definition) is 0. The van der Waals surface area contributed by atoms with Crippen LogP contribution in [0.1, 0.15) is 42.1 Å². The van der Waals surface area contributed by atoms with Gasteiger partial charge in [0.2, 0.25) is 0 Å². The van der Waals surface area contributed by atoms with Gasteiger partial charge in [-0.05, 0) is 56.5 Å². The highest BCUT2D eigenvalue weighted by Gasteiger charge is 2.32. The molecule has 0 unspecified atom stereocenters. The molecule has 0 aliphatic carbocycles. The molecular formula is C22H25F2NO4S. The van der Waals surface area contributed by atoms with E-state index in [9.17, 15) is 22.0 Å². The number of halogens is 2. The average Bonchev–Trinajstić information content (AvgIpc) is 2.74. The molecule has 1 atom stereocenters. The summed E-state index contributed by atoms with van der Waals surface area (Å²) in [5, 5.41) is -1.38. The van der Waals surface area contributed by atoms with Gasteiger partial charge in [-0.3, -0.25) is 0 Å². The number of piperidine rings is 1. The minimum Gasteiger partial charge on any atom is -0.449 e. The summed E-state index contributed by atoms with van der Waals surface area (Å²) in [6.45, 7) is 2.80. The van der Waals surface area contributed by atoms with Crippen LogP contribution in [-0.4, -0.2) is 39.1 Å². The van der Waals surface area contributed by atoms with Crippen LogP contribution in [0.4, 0.5) is 13.6 Å². The number of carbonyl (C=O) groups excluding carboxylic acids is 1. The van der Waals surface area contributed by atoms with Gasteiger partial charge in [-0.25, -0.2) is 22.0 Å². The van der Waals surface area contributed by atoms with Crippen molar-refractivity contribution < 1.29 is 26.7 Å². The van der Waals surface area contributed by atoms with Crippen LogP contribution in [0.2, 0.25) is 0 Å². The molecule has 0 saturated carbocycles. The number of sulfone groups is 1. The lowest BCUT2D eigenvalue weighted by atomic mass is 10.1. The first kappa shape index (κ1) is 22.2. The first-order valence-electron chi connectivity index (χ1n) is 9.96. The van der Waals surface area contributed by atoms with E-state index >= 15 is 0 Å². The lowest BCUT2D eigenvalue weighted by Gasteiger charge is -2.26. The van der Waals surface area contributed by atoms with E-state index in [1.54, 1.807) is 17.0 Å². The number of hydrogen-bond acceptors (Lipinski definition) is 4.